The Morgan fingerprint density at radius 1 is 1.21 bits per heavy atom. The van der Waals surface area contributed by atoms with E-state index < -0.39 is 0 Å². The minimum atomic E-state index is -0.0656. The van der Waals surface area contributed by atoms with Gasteiger partial charge >= 0.3 is 6.03 Å². The average Bonchev–Trinajstić information content (AvgIpc) is 2.76. The Hall–Kier alpha value is -2.64. The molecule has 1 fully saturated rings. The molecule has 7 heteroatoms. The smallest absolute Gasteiger partial charge is 0.321 e. The average molecular weight is 396 g/mol. The van der Waals surface area contributed by atoms with E-state index in [1.54, 1.807) is 6.20 Å². The number of nitrogens with zero attached hydrogens (tertiary/aromatic N) is 3. The minimum Gasteiger partial charge on any atom is -0.494 e. The molecule has 3 heterocycles. The number of urea groups is 1. The maximum atomic E-state index is 12.6. The first kappa shape index (κ1) is 19.7. The van der Waals surface area contributed by atoms with E-state index in [-0.39, 0.29) is 6.03 Å². The highest BCUT2D eigenvalue weighted by molar-refractivity contribution is 5.89. The summed E-state index contributed by atoms with van der Waals surface area (Å²) in [5.41, 5.74) is 4.12. The largest absolute Gasteiger partial charge is 0.494 e. The molecule has 1 N–H and O–H groups in total. The number of benzene rings is 1. The van der Waals surface area contributed by atoms with Gasteiger partial charge < -0.3 is 19.7 Å². The van der Waals surface area contributed by atoms with E-state index in [0.717, 1.165) is 48.7 Å². The highest BCUT2D eigenvalue weighted by atomic mass is 16.5. The molecule has 2 amide bonds. The van der Waals surface area contributed by atoms with Crippen molar-refractivity contribution in [3.63, 3.8) is 0 Å². The van der Waals surface area contributed by atoms with Crippen LogP contribution < -0.4 is 10.1 Å². The molecule has 154 valence electrons. The number of nitrogens with one attached hydrogen (secondary N) is 1. The van der Waals surface area contributed by atoms with Crippen molar-refractivity contribution in [2.75, 3.05) is 44.7 Å². The van der Waals surface area contributed by atoms with Crippen LogP contribution in [0.2, 0.25) is 0 Å². The Morgan fingerprint density at radius 3 is 2.76 bits per heavy atom. The summed E-state index contributed by atoms with van der Waals surface area (Å²) in [6.45, 7) is 7.97. The van der Waals surface area contributed by atoms with E-state index in [1.807, 2.05) is 30.0 Å². The van der Waals surface area contributed by atoms with Gasteiger partial charge in [-0.3, -0.25) is 9.88 Å². The molecule has 2 aromatic rings. The molecule has 7 nitrogen and oxygen atoms in total. The molecule has 0 saturated carbocycles. The fourth-order valence-electron chi connectivity index (χ4n) is 3.74. The normalized spacial score (nSPS) is 16.9. The summed E-state index contributed by atoms with van der Waals surface area (Å²) in [7, 11) is 0. The van der Waals surface area contributed by atoms with E-state index in [4.69, 9.17) is 9.47 Å². The maximum absolute atomic E-state index is 12.6. The lowest BCUT2D eigenvalue weighted by Crippen LogP contribution is -2.49. The summed E-state index contributed by atoms with van der Waals surface area (Å²) in [6, 6.07) is 10.2. The molecular weight excluding hydrogens is 368 g/mol. The topological polar surface area (TPSA) is 66.9 Å². The van der Waals surface area contributed by atoms with Crippen molar-refractivity contribution in [2.24, 2.45) is 0 Å². The van der Waals surface area contributed by atoms with Crippen molar-refractivity contribution in [1.82, 2.24) is 14.8 Å². The standard InChI is InChI=1S/C22H28N4O3/c1-2-29-20-5-3-17(4-6-20)15-25-8-10-26(11-9-25)22(27)24-19-13-18-16-28-12-7-21(18)23-14-19/h3-6,13-14H,2,7-12,15-16H2,1H3,(H,24,27). The molecule has 2 aliphatic rings. The number of rotatable bonds is 5. The first-order valence-corrected chi connectivity index (χ1v) is 10.3. The number of hydrogen-bond donors (Lipinski definition) is 1. The van der Waals surface area contributed by atoms with E-state index in [0.29, 0.717) is 32.9 Å². The number of aromatic nitrogens is 1. The van der Waals surface area contributed by atoms with Gasteiger partial charge in [0.05, 0.1) is 31.7 Å². The fourth-order valence-corrected chi connectivity index (χ4v) is 3.74. The second-order valence-corrected chi connectivity index (χ2v) is 7.40. The second-order valence-electron chi connectivity index (χ2n) is 7.40. The van der Waals surface area contributed by atoms with Gasteiger partial charge in [-0.1, -0.05) is 12.1 Å². The Labute approximate surface area is 171 Å². The van der Waals surface area contributed by atoms with Gasteiger partial charge in [-0.2, -0.15) is 0 Å². The summed E-state index contributed by atoms with van der Waals surface area (Å²) in [5, 5.41) is 2.98. The number of hydrogen-bond acceptors (Lipinski definition) is 5. The van der Waals surface area contributed by atoms with Crippen LogP contribution in [0.25, 0.3) is 0 Å². The van der Waals surface area contributed by atoms with Crippen LogP contribution in [-0.2, 0) is 24.3 Å². The molecule has 2 aliphatic heterocycles. The summed E-state index contributed by atoms with van der Waals surface area (Å²) in [4.78, 5) is 21.3. The number of carbonyl (C=O) groups excluding carboxylic acids is 1. The van der Waals surface area contributed by atoms with Crippen LogP contribution in [0.3, 0.4) is 0 Å². The molecule has 1 saturated heterocycles. The predicted octanol–water partition coefficient (Wildman–Crippen LogP) is 2.90. The lowest BCUT2D eigenvalue weighted by molar-refractivity contribution is 0.109. The molecule has 0 spiro atoms. The molecular formula is C22H28N4O3. The quantitative estimate of drug-likeness (QED) is 0.842. The van der Waals surface area contributed by atoms with Gasteiger partial charge in [0.2, 0.25) is 0 Å². The number of piperazine rings is 1. The van der Waals surface area contributed by atoms with Crippen LogP contribution in [-0.4, -0.2) is 60.2 Å². The maximum Gasteiger partial charge on any atom is 0.321 e. The van der Waals surface area contributed by atoms with Gasteiger partial charge in [-0.15, -0.1) is 0 Å². The van der Waals surface area contributed by atoms with Gasteiger partial charge in [-0.05, 0) is 30.7 Å². The number of anilines is 1. The van der Waals surface area contributed by atoms with Crippen LogP contribution in [0.1, 0.15) is 23.7 Å². The zero-order valence-corrected chi connectivity index (χ0v) is 16.9. The lowest BCUT2D eigenvalue weighted by Gasteiger charge is -2.34. The predicted molar refractivity (Wildman–Crippen MR) is 111 cm³/mol. The van der Waals surface area contributed by atoms with Crippen LogP contribution in [0.5, 0.6) is 5.75 Å². The molecule has 29 heavy (non-hydrogen) atoms. The molecule has 0 aliphatic carbocycles. The van der Waals surface area contributed by atoms with Crippen LogP contribution in [0.4, 0.5) is 10.5 Å². The lowest BCUT2D eigenvalue weighted by atomic mass is 10.1. The first-order valence-electron chi connectivity index (χ1n) is 10.3. The third kappa shape index (κ3) is 5.05. The van der Waals surface area contributed by atoms with Crippen LogP contribution >= 0.6 is 0 Å². The van der Waals surface area contributed by atoms with Crippen molar-refractivity contribution >= 4 is 11.7 Å². The molecule has 0 atom stereocenters. The van der Waals surface area contributed by atoms with Crippen molar-refractivity contribution in [2.45, 2.75) is 26.5 Å². The third-order valence-electron chi connectivity index (χ3n) is 5.35. The number of ether oxygens (including phenoxy) is 2. The van der Waals surface area contributed by atoms with Crippen molar-refractivity contribution in [3.05, 3.63) is 53.3 Å². The van der Waals surface area contributed by atoms with E-state index in [2.05, 4.69) is 27.3 Å². The van der Waals surface area contributed by atoms with Crippen LogP contribution in [0, 0.1) is 0 Å². The Bertz CT molecular complexity index is 832. The van der Waals surface area contributed by atoms with E-state index in [9.17, 15) is 4.79 Å². The zero-order chi connectivity index (χ0) is 20.1. The molecule has 0 bridgehead atoms. The van der Waals surface area contributed by atoms with Gasteiger partial charge in [-0.25, -0.2) is 4.79 Å². The molecule has 0 unspecified atom stereocenters. The number of amides is 2. The van der Waals surface area contributed by atoms with Crippen molar-refractivity contribution in [1.29, 1.82) is 0 Å². The van der Waals surface area contributed by atoms with Crippen molar-refractivity contribution in [3.8, 4) is 5.75 Å². The molecule has 1 aromatic heterocycles. The number of fused-ring (bicyclic) bond motifs is 1. The minimum absolute atomic E-state index is 0.0656. The third-order valence-corrected chi connectivity index (χ3v) is 5.35. The summed E-state index contributed by atoms with van der Waals surface area (Å²) in [6.07, 6.45) is 2.57. The van der Waals surface area contributed by atoms with Gasteiger partial charge in [0.1, 0.15) is 5.75 Å². The summed E-state index contributed by atoms with van der Waals surface area (Å²) in [5.74, 6) is 0.904. The van der Waals surface area contributed by atoms with E-state index in [1.165, 1.54) is 5.56 Å². The Morgan fingerprint density at radius 2 is 2.00 bits per heavy atom. The Balaban J connectivity index is 1.26. The Kier molecular flexibility index (Phi) is 6.27. The van der Waals surface area contributed by atoms with Crippen LogP contribution in [0.15, 0.2) is 36.5 Å². The number of carbonyl (C=O) groups is 1. The van der Waals surface area contributed by atoms with Gasteiger partial charge in [0.15, 0.2) is 0 Å². The molecule has 4 rings (SSSR count). The van der Waals surface area contributed by atoms with Crippen molar-refractivity contribution < 1.29 is 14.3 Å². The molecule has 0 radical (unpaired) electrons. The monoisotopic (exact) mass is 396 g/mol. The summed E-state index contributed by atoms with van der Waals surface area (Å²) >= 11 is 0. The van der Waals surface area contributed by atoms with E-state index >= 15 is 0 Å². The SMILES string of the molecule is CCOc1ccc(CN2CCN(C(=O)Nc3cnc4c(c3)COCC4)CC2)cc1. The zero-order valence-electron chi connectivity index (χ0n) is 16.9. The highest BCUT2D eigenvalue weighted by Gasteiger charge is 2.22. The van der Waals surface area contributed by atoms with Gasteiger partial charge in [0.25, 0.3) is 0 Å². The number of pyridine rings is 1. The first-order chi connectivity index (χ1) is 14.2. The highest BCUT2D eigenvalue weighted by Crippen LogP contribution is 2.19. The second kappa shape index (κ2) is 9.24. The summed E-state index contributed by atoms with van der Waals surface area (Å²) < 4.78 is 11.0. The fraction of sp³-hybridized carbons (Fsp3) is 0.455. The molecule has 1 aromatic carbocycles. The van der Waals surface area contributed by atoms with Gasteiger partial charge in [0, 0.05) is 50.4 Å².